The van der Waals surface area contributed by atoms with E-state index in [4.69, 9.17) is 4.74 Å². The minimum absolute atomic E-state index is 0.153. The van der Waals surface area contributed by atoms with Crippen LogP contribution in [0, 0.1) is 0 Å². The van der Waals surface area contributed by atoms with Gasteiger partial charge in [0.05, 0.1) is 10.2 Å². The zero-order valence-electron chi connectivity index (χ0n) is 17.8. The number of para-hydroxylation sites is 1. The number of nitrogens with zero attached hydrogens (tertiary/aromatic N) is 3. The Kier molecular flexibility index (Phi) is 5.20. The van der Waals surface area contributed by atoms with E-state index in [1.807, 2.05) is 35.2 Å². The van der Waals surface area contributed by atoms with Crippen molar-refractivity contribution in [3.63, 3.8) is 0 Å². The van der Waals surface area contributed by atoms with Crippen molar-refractivity contribution in [3.8, 4) is 10.9 Å². The van der Waals surface area contributed by atoms with Gasteiger partial charge < -0.3 is 14.7 Å². The molecule has 162 valence electrons. The highest BCUT2D eigenvalue weighted by molar-refractivity contribution is 7.20. The molecule has 2 aliphatic rings. The number of amides is 1. The van der Waals surface area contributed by atoms with Crippen LogP contribution in [0.1, 0.15) is 25.8 Å². The molecule has 0 saturated carbocycles. The molecule has 3 heterocycles. The Morgan fingerprint density at radius 1 is 1.19 bits per heavy atom. The lowest BCUT2D eigenvalue weighted by Gasteiger charge is -2.36. The van der Waals surface area contributed by atoms with Crippen LogP contribution in [0.3, 0.4) is 0 Å². The van der Waals surface area contributed by atoms with Crippen LogP contribution < -0.4 is 4.74 Å². The number of fused-ring (bicyclic) bond motifs is 3. The van der Waals surface area contributed by atoms with Crippen LogP contribution in [0.25, 0.3) is 10.2 Å². The Morgan fingerprint density at radius 3 is 2.77 bits per heavy atom. The van der Waals surface area contributed by atoms with Gasteiger partial charge in [0.2, 0.25) is 0 Å². The minimum atomic E-state index is -1.29. The number of aromatic nitrogens is 1. The van der Waals surface area contributed by atoms with E-state index in [9.17, 15) is 9.90 Å². The number of thiazole rings is 1. The molecule has 6 nitrogen and oxygen atoms in total. The van der Waals surface area contributed by atoms with Gasteiger partial charge >= 0.3 is 0 Å². The highest BCUT2D eigenvalue weighted by atomic mass is 32.1. The first-order valence-corrected chi connectivity index (χ1v) is 11.6. The molecule has 0 aliphatic carbocycles. The second-order valence-electron chi connectivity index (χ2n) is 9.00. The van der Waals surface area contributed by atoms with Crippen LogP contribution in [-0.2, 0) is 11.2 Å². The fourth-order valence-corrected chi connectivity index (χ4v) is 5.49. The minimum Gasteiger partial charge on any atom is -0.431 e. The maximum atomic E-state index is 12.4. The predicted molar refractivity (Wildman–Crippen MR) is 122 cm³/mol. The Bertz CT molecular complexity index is 1070. The van der Waals surface area contributed by atoms with Crippen LogP contribution in [0.4, 0.5) is 0 Å². The first-order chi connectivity index (χ1) is 14.9. The number of carbonyl (C=O) groups is 1. The van der Waals surface area contributed by atoms with Crippen molar-refractivity contribution in [2.45, 2.75) is 44.4 Å². The Hall–Kier alpha value is -2.48. The second kappa shape index (κ2) is 7.89. The number of ether oxygens (including phenoxy) is 1. The maximum Gasteiger partial charge on any atom is 0.279 e. The fraction of sp³-hybridized carbons (Fsp3) is 0.417. The molecule has 2 saturated heterocycles. The van der Waals surface area contributed by atoms with Crippen LogP contribution in [0.15, 0.2) is 48.5 Å². The zero-order valence-corrected chi connectivity index (χ0v) is 18.6. The number of hydrogen-bond donors (Lipinski definition) is 1. The van der Waals surface area contributed by atoms with Crippen molar-refractivity contribution in [1.29, 1.82) is 0 Å². The molecular formula is C24H27N3O3S. The normalized spacial score (nSPS) is 21.2. The molecule has 1 amide bonds. The molecule has 2 aliphatic heterocycles. The molecular weight excluding hydrogens is 410 g/mol. The third-order valence-electron chi connectivity index (χ3n) is 6.20. The summed E-state index contributed by atoms with van der Waals surface area (Å²) in [6, 6.07) is 16.9. The molecule has 5 rings (SSSR count). The van der Waals surface area contributed by atoms with Crippen molar-refractivity contribution < 1.29 is 14.6 Å². The van der Waals surface area contributed by atoms with Gasteiger partial charge in [0.25, 0.3) is 11.1 Å². The fourth-order valence-electron chi connectivity index (χ4n) is 4.66. The topological polar surface area (TPSA) is 65.9 Å². The van der Waals surface area contributed by atoms with Gasteiger partial charge in [-0.2, -0.15) is 0 Å². The van der Waals surface area contributed by atoms with Gasteiger partial charge in [-0.05, 0) is 56.5 Å². The van der Waals surface area contributed by atoms with Crippen LogP contribution in [0.5, 0.6) is 10.9 Å². The highest BCUT2D eigenvalue weighted by Gasteiger charge is 2.47. The number of hydrogen-bond acceptors (Lipinski definition) is 6. The Balaban J connectivity index is 1.18. The number of carbonyl (C=O) groups excluding carboxylic acids is 1. The largest absolute Gasteiger partial charge is 0.431 e. The first-order valence-electron chi connectivity index (χ1n) is 10.8. The number of benzene rings is 2. The van der Waals surface area contributed by atoms with E-state index in [0.29, 0.717) is 17.8 Å². The summed E-state index contributed by atoms with van der Waals surface area (Å²) in [6.07, 6.45) is 1.93. The lowest BCUT2D eigenvalue weighted by Crippen LogP contribution is -2.54. The van der Waals surface area contributed by atoms with E-state index >= 15 is 0 Å². The average Bonchev–Trinajstić information content (AvgIpc) is 3.44. The van der Waals surface area contributed by atoms with Gasteiger partial charge in [-0.15, -0.1) is 0 Å². The van der Waals surface area contributed by atoms with E-state index in [1.54, 1.807) is 25.2 Å². The lowest BCUT2D eigenvalue weighted by molar-refractivity contribution is -0.150. The third-order valence-corrected chi connectivity index (χ3v) is 7.12. The van der Waals surface area contributed by atoms with Gasteiger partial charge in [0, 0.05) is 31.7 Å². The SMILES string of the molecule is CC(C)(O)C(=O)N1C[C@@H]2C[C@H]1CN2CCc1cccc(Oc2nc3ccccc3s2)c1. The Labute approximate surface area is 186 Å². The van der Waals surface area contributed by atoms with Crippen molar-refractivity contribution in [2.24, 2.45) is 0 Å². The molecule has 2 fully saturated rings. The van der Waals surface area contributed by atoms with Crippen molar-refractivity contribution in [2.75, 3.05) is 19.6 Å². The number of aliphatic hydroxyl groups is 1. The highest BCUT2D eigenvalue weighted by Crippen LogP contribution is 2.33. The average molecular weight is 438 g/mol. The van der Waals surface area contributed by atoms with Gasteiger partial charge in [0.15, 0.2) is 0 Å². The molecule has 1 N–H and O–H groups in total. The van der Waals surface area contributed by atoms with E-state index in [-0.39, 0.29) is 11.9 Å². The number of piperazine rings is 1. The summed E-state index contributed by atoms with van der Waals surface area (Å²) in [4.78, 5) is 21.3. The molecule has 1 aromatic heterocycles. The summed E-state index contributed by atoms with van der Waals surface area (Å²) in [5, 5.41) is 10.7. The van der Waals surface area contributed by atoms with E-state index < -0.39 is 5.60 Å². The predicted octanol–water partition coefficient (Wildman–Crippen LogP) is 3.69. The van der Waals surface area contributed by atoms with Gasteiger partial charge in [-0.25, -0.2) is 4.98 Å². The molecule has 2 bridgehead atoms. The van der Waals surface area contributed by atoms with Crippen LogP contribution in [-0.4, -0.2) is 63.1 Å². The number of likely N-dealkylation sites (tertiary alicyclic amines) is 2. The molecule has 7 heteroatoms. The Morgan fingerprint density at radius 2 is 2.03 bits per heavy atom. The summed E-state index contributed by atoms with van der Waals surface area (Å²) in [5.74, 6) is 0.654. The molecule has 0 radical (unpaired) electrons. The van der Waals surface area contributed by atoms with Crippen LogP contribution in [0.2, 0.25) is 0 Å². The maximum absolute atomic E-state index is 12.4. The van der Waals surface area contributed by atoms with Crippen LogP contribution >= 0.6 is 11.3 Å². The summed E-state index contributed by atoms with van der Waals surface area (Å²) in [6.45, 7) is 5.70. The number of rotatable bonds is 6. The van der Waals surface area contributed by atoms with Crippen molar-refractivity contribution in [1.82, 2.24) is 14.8 Å². The molecule has 0 spiro atoms. The summed E-state index contributed by atoms with van der Waals surface area (Å²) in [7, 11) is 0. The smallest absolute Gasteiger partial charge is 0.279 e. The molecule has 3 aromatic rings. The van der Waals surface area contributed by atoms with Gasteiger partial charge in [-0.3, -0.25) is 9.69 Å². The summed E-state index contributed by atoms with van der Waals surface area (Å²) < 4.78 is 7.14. The quantitative estimate of drug-likeness (QED) is 0.637. The molecule has 0 unspecified atom stereocenters. The van der Waals surface area contributed by atoms with Crippen molar-refractivity contribution in [3.05, 3.63) is 54.1 Å². The van der Waals surface area contributed by atoms with Gasteiger partial charge in [0.1, 0.15) is 11.4 Å². The second-order valence-corrected chi connectivity index (χ2v) is 9.99. The molecule has 31 heavy (non-hydrogen) atoms. The van der Waals surface area contributed by atoms with Crippen molar-refractivity contribution >= 4 is 27.5 Å². The first kappa shape index (κ1) is 20.4. The third kappa shape index (κ3) is 4.18. The van der Waals surface area contributed by atoms with Gasteiger partial charge in [-0.1, -0.05) is 35.6 Å². The lowest BCUT2D eigenvalue weighted by atomic mass is 10.1. The zero-order chi connectivity index (χ0) is 21.6. The summed E-state index contributed by atoms with van der Waals surface area (Å²) in [5.41, 5.74) is 0.893. The van der Waals surface area contributed by atoms with E-state index in [2.05, 4.69) is 28.1 Å². The molecule has 2 atom stereocenters. The van der Waals surface area contributed by atoms with E-state index in [0.717, 1.165) is 41.9 Å². The molecule has 2 aromatic carbocycles. The van der Waals surface area contributed by atoms with E-state index in [1.165, 1.54) is 5.56 Å². The monoisotopic (exact) mass is 437 g/mol. The summed E-state index contributed by atoms with van der Waals surface area (Å²) >= 11 is 1.55. The standard InChI is InChI=1S/C24H27N3O3S/c1-24(2,29)22(28)27-15-17-13-18(27)14-26(17)11-10-16-6-5-7-19(12-16)30-23-25-20-8-3-4-9-21(20)31-23/h3-9,12,17-18,29H,10-11,13-15H2,1-2H3/t17-,18-/m0/s1.